The largest absolute Gasteiger partial charge is 0.495 e. The molecule has 1 aromatic rings. The van der Waals surface area contributed by atoms with E-state index in [0.29, 0.717) is 12.3 Å². The van der Waals surface area contributed by atoms with Crippen LogP contribution < -0.4 is 15.4 Å². The van der Waals surface area contributed by atoms with Gasteiger partial charge in [-0.15, -0.1) is 0 Å². The van der Waals surface area contributed by atoms with Crippen molar-refractivity contribution < 1.29 is 14.6 Å². The van der Waals surface area contributed by atoms with Gasteiger partial charge in [-0.05, 0) is 25.0 Å². The number of anilines is 1. The number of aliphatic hydroxyl groups excluding tert-OH is 1. The number of hydrogen-bond acceptors (Lipinski definition) is 4. The number of rotatable bonds is 6. The molecule has 1 aliphatic carbocycles. The van der Waals surface area contributed by atoms with E-state index < -0.39 is 0 Å². The number of carbonyl (C=O) groups excluding carboxylic acids is 1. The van der Waals surface area contributed by atoms with Crippen LogP contribution in [0.4, 0.5) is 5.69 Å². The fourth-order valence-corrected chi connectivity index (χ4v) is 2.53. The molecule has 0 heterocycles. The Kier molecular flexibility index (Phi) is 5.24. The molecule has 2 rings (SSSR count). The van der Waals surface area contributed by atoms with Gasteiger partial charge in [0, 0.05) is 12.5 Å². The third-order valence-electron chi connectivity index (χ3n) is 3.73. The van der Waals surface area contributed by atoms with Gasteiger partial charge in [0.05, 0.1) is 25.4 Å². The number of benzene rings is 1. The molecule has 0 aliphatic heterocycles. The van der Waals surface area contributed by atoms with Crippen molar-refractivity contribution in [2.75, 3.05) is 25.5 Å². The van der Waals surface area contributed by atoms with Crippen LogP contribution >= 0.6 is 0 Å². The highest BCUT2D eigenvalue weighted by molar-refractivity contribution is 5.81. The monoisotopic (exact) mass is 278 g/mol. The van der Waals surface area contributed by atoms with Crippen molar-refractivity contribution in [2.45, 2.75) is 25.4 Å². The quantitative estimate of drug-likeness (QED) is 0.735. The zero-order chi connectivity index (χ0) is 14.4. The van der Waals surface area contributed by atoms with Gasteiger partial charge in [0.25, 0.3) is 0 Å². The molecule has 0 saturated heterocycles. The van der Waals surface area contributed by atoms with Crippen molar-refractivity contribution in [3.63, 3.8) is 0 Å². The highest BCUT2D eigenvalue weighted by atomic mass is 16.5. The number of carbonyl (C=O) groups is 1. The van der Waals surface area contributed by atoms with Gasteiger partial charge < -0.3 is 20.5 Å². The van der Waals surface area contributed by atoms with E-state index in [4.69, 9.17) is 4.74 Å². The first-order valence-corrected chi connectivity index (χ1v) is 7.02. The van der Waals surface area contributed by atoms with E-state index in [-0.39, 0.29) is 24.5 Å². The molecular formula is C15H22N2O3. The summed E-state index contributed by atoms with van der Waals surface area (Å²) >= 11 is 0. The van der Waals surface area contributed by atoms with E-state index >= 15 is 0 Å². The summed E-state index contributed by atoms with van der Waals surface area (Å²) in [5.41, 5.74) is 0.797. The maximum Gasteiger partial charge on any atom is 0.239 e. The first-order valence-electron chi connectivity index (χ1n) is 7.02. The van der Waals surface area contributed by atoms with Crippen molar-refractivity contribution in [1.82, 2.24) is 5.32 Å². The van der Waals surface area contributed by atoms with Crippen LogP contribution in [0.1, 0.15) is 19.3 Å². The van der Waals surface area contributed by atoms with E-state index in [1.807, 2.05) is 24.3 Å². The molecule has 1 aliphatic rings. The minimum Gasteiger partial charge on any atom is -0.495 e. The molecule has 5 nitrogen and oxygen atoms in total. The second kappa shape index (κ2) is 7.14. The standard InChI is InChI=1S/C15H22N2O3/c1-20-14-8-3-2-6-12(14)16-10-15(19)17-9-11-5-4-7-13(11)18/h2-3,6,8,11,13,16,18H,4-5,7,9-10H2,1H3,(H,17,19). The van der Waals surface area contributed by atoms with Crippen molar-refractivity contribution in [2.24, 2.45) is 5.92 Å². The number of para-hydroxylation sites is 2. The maximum absolute atomic E-state index is 11.8. The Morgan fingerprint density at radius 2 is 2.20 bits per heavy atom. The van der Waals surface area contributed by atoms with Gasteiger partial charge in [0.2, 0.25) is 5.91 Å². The molecule has 3 N–H and O–H groups in total. The summed E-state index contributed by atoms with van der Waals surface area (Å²) in [6, 6.07) is 7.48. The summed E-state index contributed by atoms with van der Waals surface area (Å²) in [6.45, 7) is 0.747. The zero-order valence-electron chi connectivity index (χ0n) is 11.8. The topological polar surface area (TPSA) is 70.6 Å². The average molecular weight is 278 g/mol. The van der Waals surface area contributed by atoms with Gasteiger partial charge in [-0.2, -0.15) is 0 Å². The molecule has 2 unspecified atom stereocenters. The van der Waals surface area contributed by atoms with Crippen molar-refractivity contribution in [1.29, 1.82) is 0 Å². The molecule has 0 spiro atoms. The summed E-state index contributed by atoms with van der Waals surface area (Å²) in [5.74, 6) is 0.840. The molecule has 20 heavy (non-hydrogen) atoms. The number of ether oxygens (including phenoxy) is 1. The first kappa shape index (κ1) is 14.7. The van der Waals surface area contributed by atoms with E-state index in [1.165, 1.54) is 0 Å². The number of hydrogen-bond donors (Lipinski definition) is 3. The number of amides is 1. The van der Waals surface area contributed by atoms with E-state index in [2.05, 4.69) is 10.6 Å². The molecular weight excluding hydrogens is 256 g/mol. The van der Waals surface area contributed by atoms with Crippen LogP contribution in [-0.2, 0) is 4.79 Å². The highest BCUT2D eigenvalue weighted by Gasteiger charge is 2.25. The third-order valence-corrected chi connectivity index (χ3v) is 3.73. The molecule has 1 fully saturated rings. The lowest BCUT2D eigenvalue weighted by Gasteiger charge is -2.16. The molecule has 0 bridgehead atoms. The third kappa shape index (κ3) is 3.87. The lowest BCUT2D eigenvalue weighted by atomic mass is 10.1. The van der Waals surface area contributed by atoms with Crippen LogP contribution in [0.5, 0.6) is 5.75 Å². The van der Waals surface area contributed by atoms with Crippen LogP contribution in [0.15, 0.2) is 24.3 Å². The fraction of sp³-hybridized carbons (Fsp3) is 0.533. The summed E-state index contributed by atoms with van der Waals surface area (Å²) < 4.78 is 5.21. The molecule has 1 aromatic carbocycles. The van der Waals surface area contributed by atoms with Crippen molar-refractivity contribution in [3.8, 4) is 5.75 Å². The van der Waals surface area contributed by atoms with E-state index in [9.17, 15) is 9.90 Å². The molecule has 1 amide bonds. The van der Waals surface area contributed by atoms with Gasteiger partial charge in [-0.3, -0.25) is 4.79 Å². The number of methoxy groups -OCH3 is 1. The molecule has 0 aromatic heterocycles. The Labute approximate surface area is 119 Å². The Balaban J connectivity index is 1.74. The second-order valence-corrected chi connectivity index (χ2v) is 5.12. The van der Waals surface area contributed by atoms with E-state index in [1.54, 1.807) is 7.11 Å². The van der Waals surface area contributed by atoms with Gasteiger partial charge in [0.15, 0.2) is 0 Å². The second-order valence-electron chi connectivity index (χ2n) is 5.12. The normalized spacial score (nSPS) is 21.5. The number of aliphatic hydroxyl groups is 1. The fourth-order valence-electron chi connectivity index (χ4n) is 2.53. The summed E-state index contributed by atoms with van der Waals surface area (Å²) in [4.78, 5) is 11.8. The minimum atomic E-state index is -0.266. The van der Waals surface area contributed by atoms with Crippen LogP contribution in [0.25, 0.3) is 0 Å². The predicted octanol–water partition coefficient (Wildman–Crippen LogP) is 1.38. The Morgan fingerprint density at radius 1 is 1.40 bits per heavy atom. The zero-order valence-corrected chi connectivity index (χ0v) is 11.8. The van der Waals surface area contributed by atoms with Gasteiger partial charge >= 0.3 is 0 Å². The number of nitrogens with one attached hydrogen (secondary N) is 2. The molecule has 110 valence electrons. The van der Waals surface area contributed by atoms with Crippen LogP contribution in [0.2, 0.25) is 0 Å². The predicted molar refractivity (Wildman–Crippen MR) is 77.8 cm³/mol. The maximum atomic E-state index is 11.8. The van der Waals surface area contributed by atoms with E-state index in [0.717, 1.165) is 24.9 Å². The SMILES string of the molecule is COc1ccccc1NCC(=O)NCC1CCCC1O. The minimum absolute atomic E-state index is 0.0741. The van der Waals surface area contributed by atoms with Gasteiger partial charge in [0.1, 0.15) is 5.75 Å². The van der Waals surface area contributed by atoms with Crippen molar-refractivity contribution in [3.05, 3.63) is 24.3 Å². The van der Waals surface area contributed by atoms with Crippen LogP contribution in [-0.4, -0.2) is 37.3 Å². The molecule has 0 radical (unpaired) electrons. The summed E-state index contributed by atoms with van der Waals surface area (Å²) in [5, 5.41) is 15.6. The van der Waals surface area contributed by atoms with Crippen LogP contribution in [0, 0.1) is 5.92 Å². The lowest BCUT2D eigenvalue weighted by molar-refractivity contribution is -0.119. The van der Waals surface area contributed by atoms with Gasteiger partial charge in [-0.1, -0.05) is 18.6 Å². The van der Waals surface area contributed by atoms with Gasteiger partial charge in [-0.25, -0.2) is 0 Å². The Bertz CT molecular complexity index is 450. The Morgan fingerprint density at radius 3 is 2.90 bits per heavy atom. The Hall–Kier alpha value is -1.75. The van der Waals surface area contributed by atoms with Crippen LogP contribution in [0.3, 0.4) is 0 Å². The summed E-state index contributed by atoms with van der Waals surface area (Å²) in [7, 11) is 1.60. The van der Waals surface area contributed by atoms with Crippen molar-refractivity contribution >= 4 is 11.6 Å². The molecule has 2 atom stereocenters. The summed E-state index contributed by atoms with van der Waals surface area (Å²) in [6.07, 6.45) is 2.61. The molecule has 5 heteroatoms. The smallest absolute Gasteiger partial charge is 0.239 e. The molecule has 1 saturated carbocycles. The first-order chi connectivity index (χ1) is 9.70. The lowest BCUT2D eigenvalue weighted by Crippen LogP contribution is -2.35. The highest BCUT2D eigenvalue weighted by Crippen LogP contribution is 2.25. The average Bonchev–Trinajstić information content (AvgIpc) is 2.88.